The number of benzene rings is 1. The molecule has 5 heteroatoms. The molecule has 0 heterocycles. The highest BCUT2D eigenvalue weighted by Crippen LogP contribution is 2.29. The summed E-state index contributed by atoms with van der Waals surface area (Å²) in [6.45, 7) is 2.04. The van der Waals surface area contributed by atoms with Crippen LogP contribution in [0.1, 0.15) is 18.5 Å². The second-order valence-corrected chi connectivity index (χ2v) is 4.11. The fourth-order valence-corrected chi connectivity index (χ4v) is 1.74. The van der Waals surface area contributed by atoms with E-state index >= 15 is 0 Å². The van der Waals surface area contributed by atoms with Gasteiger partial charge >= 0.3 is 5.97 Å². The van der Waals surface area contributed by atoms with Gasteiger partial charge in [0.25, 0.3) is 0 Å². The summed E-state index contributed by atoms with van der Waals surface area (Å²) in [5, 5.41) is 4.01. The molecule has 0 bridgehead atoms. The van der Waals surface area contributed by atoms with Crippen LogP contribution in [-0.4, -0.2) is 19.6 Å². The Labute approximate surface area is 105 Å². The Morgan fingerprint density at radius 2 is 2.19 bits per heavy atom. The van der Waals surface area contributed by atoms with Gasteiger partial charge in [-0.25, -0.2) is 0 Å². The number of methoxy groups -OCH3 is 1. The maximum Gasteiger partial charge on any atom is 0.319 e. The van der Waals surface area contributed by atoms with Crippen molar-refractivity contribution < 1.29 is 9.53 Å². The van der Waals surface area contributed by atoms with E-state index in [4.69, 9.17) is 23.2 Å². The summed E-state index contributed by atoms with van der Waals surface area (Å²) in [6.07, 6.45) is 0. The van der Waals surface area contributed by atoms with Gasteiger partial charge in [0.05, 0.1) is 23.7 Å². The zero-order chi connectivity index (χ0) is 12.1. The molecule has 0 aromatic heterocycles. The molecule has 0 aliphatic rings. The predicted molar refractivity (Wildman–Crippen MR) is 64.9 cm³/mol. The molecule has 1 unspecified atom stereocenters. The summed E-state index contributed by atoms with van der Waals surface area (Å²) in [6, 6.07) is 5.34. The quantitative estimate of drug-likeness (QED) is 0.848. The highest BCUT2D eigenvalue weighted by atomic mass is 35.5. The van der Waals surface area contributed by atoms with E-state index in [2.05, 4.69) is 10.1 Å². The minimum absolute atomic E-state index is 0.0645. The first-order valence-corrected chi connectivity index (χ1v) is 5.56. The van der Waals surface area contributed by atoms with Crippen LogP contribution >= 0.6 is 23.2 Å². The van der Waals surface area contributed by atoms with E-state index in [1.54, 1.807) is 6.07 Å². The van der Waals surface area contributed by atoms with Gasteiger partial charge < -0.3 is 10.1 Å². The molecule has 1 aromatic carbocycles. The number of carbonyl (C=O) groups is 1. The van der Waals surface area contributed by atoms with Crippen LogP contribution in [0.2, 0.25) is 10.0 Å². The van der Waals surface area contributed by atoms with E-state index in [1.807, 2.05) is 19.1 Å². The number of hydrogen-bond donors (Lipinski definition) is 1. The smallest absolute Gasteiger partial charge is 0.319 e. The molecule has 0 amide bonds. The second-order valence-electron chi connectivity index (χ2n) is 3.32. The standard InChI is InChI=1S/C11H13Cl2NO2/c1-7(14-6-10(15)16-2)8-4-3-5-9(12)11(8)13/h3-5,7,14H,6H2,1-2H3. The molecule has 88 valence electrons. The molecule has 1 aromatic rings. The van der Waals surface area contributed by atoms with Crippen LogP contribution in [0.5, 0.6) is 0 Å². The molecule has 0 radical (unpaired) electrons. The zero-order valence-electron chi connectivity index (χ0n) is 9.09. The fraction of sp³-hybridized carbons (Fsp3) is 0.364. The lowest BCUT2D eigenvalue weighted by molar-refractivity contribution is -0.139. The maximum absolute atomic E-state index is 11.0. The van der Waals surface area contributed by atoms with Crippen molar-refractivity contribution in [2.75, 3.05) is 13.7 Å². The molecule has 0 fully saturated rings. The highest BCUT2D eigenvalue weighted by molar-refractivity contribution is 6.42. The molecule has 3 nitrogen and oxygen atoms in total. The van der Waals surface area contributed by atoms with E-state index in [0.717, 1.165) is 5.56 Å². The first-order valence-electron chi connectivity index (χ1n) is 4.80. The van der Waals surface area contributed by atoms with Gasteiger partial charge in [-0.15, -0.1) is 0 Å². The van der Waals surface area contributed by atoms with E-state index in [1.165, 1.54) is 7.11 Å². The minimum atomic E-state index is -0.315. The number of ether oxygens (including phenoxy) is 1. The molecule has 1 N–H and O–H groups in total. The number of rotatable bonds is 4. The van der Waals surface area contributed by atoms with E-state index in [0.29, 0.717) is 10.0 Å². The van der Waals surface area contributed by atoms with Crippen molar-refractivity contribution in [1.29, 1.82) is 0 Å². The molecule has 0 saturated heterocycles. The zero-order valence-corrected chi connectivity index (χ0v) is 10.6. The van der Waals surface area contributed by atoms with Gasteiger partial charge in [0.2, 0.25) is 0 Å². The van der Waals surface area contributed by atoms with Crippen molar-refractivity contribution >= 4 is 29.2 Å². The van der Waals surface area contributed by atoms with Crippen molar-refractivity contribution in [3.63, 3.8) is 0 Å². The number of esters is 1. The number of carbonyl (C=O) groups excluding carboxylic acids is 1. The summed E-state index contributed by atoms with van der Waals surface area (Å²) in [5.41, 5.74) is 0.859. The van der Waals surface area contributed by atoms with E-state index in [-0.39, 0.29) is 18.6 Å². The Hall–Kier alpha value is -0.770. The van der Waals surface area contributed by atoms with Gasteiger partial charge in [0.1, 0.15) is 0 Å². The number of hydrogen-bond acceptors (Lipinski definition) is 3. The Morgan fingerprint density at radius 1 is 1.50 bits per heavy atom. The van der Waals surface area contributed by atoms with Crippen molar-refractivity contribution in [2.24, 2.45) is 0 Å². The average molecular weight is 262 g/mol. The predicted octanol–water partition coefficient (Wildman–Crippen LogP) is 2.82. The lowest BCUT2D eigenvalue weighted by Gasteiger charge is -2.15. The largest absolute Gasteiger partial charge is 0.468 e. The third kappa shape index (κ3) is 3.37. The maximum atomic E-state index is 11.0. The van der Waals surface area contributed by atoms with Crippen LogP contribution in [0.15, 0.2) is 18.2 Å². The third-order valence-electron chi connectivity index (χ3n) is 2.23. The summed E-state index contributed by atoms with van der Waals surface area (Å²) < 4.78 is 4.53. The van der Waals surface area contributed by atoms with Crippen LogP contribution in [0.4, 0.5) is 0 Å². The van der Waals surface area contributed by atoms with Gasteiger partial charge in [0.15, 0.2) is 0 Å². The Bertz CT molecular complexity index is 382. The summed E-state index contributed by atoms with van der Waals surface area (Å²) in [5.74, 6) is -0.315. The Morgan fingerprint density at radius 3 is 2.81 bits per heavy atom. The normalized spacial score (nSPS) is 12.2. The molecule has 1 atom stereocenters. The molecule has 0 saturated carbocycles. The van der Waals surface area contributed by atoms with Gasteiger partial charge in [0, 0.05) is 6.04 Å². The molecule has 1 rings (SSSR count). The van der Waals surface area contributed by atoms with Crippen molar-refractivity contribution in [1.82, 2.24) is 5.32 Å². The molecule has 16 heavy (non-hydrogen) atoms. The van der Waals surface area contributed by atoms with Gasteiger partial charge in [-0.05, 0) is 18.6 Å². The van der Waals surface area contributed by atoms with Crippen LogP contribution in [0.25, 0.3) is 0 Å². The van der Waals surface area contributed by atoms with Crippen molar-refractivity contribution in [2.45, 2.75) is 13.0 Å². The molecule has 0 aliphatic carbocycles. The monoisotopic (exact) mass is 261 g/mol. The second kappa shape index (κ2) is 6.09. The third-order valence-corrected chi connectivity index (χ3v) is 3.06. The molecule has 0 spiro atoms. The summed E-state index contributed by atoms with van der Waals surface area (Å²) in [7, 11) is 1.35. The lowest BCUT2D eigenvalue weighted by Crippen LogP contribution is -2.26. The molecular formula is C11H13Cl2NO2. The summed E-state index contributed by atoms with van der Waals surface area (Å²) in [4.78, 5) is 11.0. The van der Waals surface area contributed by atoms with Gasteiger partial charge in [-0.1, -0.05) is 35.3 Å². The number of halogens is 2. The first-order chi connectivity index (χ1) is 7.56. The average Bonchev–Trinajstić information content (AvgIpc) is 2.29. The van der Waals surface area contributed by atoms with Crippen LogP contribution < -0.4 is 5.32 Å². The highest BCUT2D eigenvalue weighted by Gasteiger charge is 2.12. The Balaban J connectivity index is 2.69. The first kappa shape index (κ1) is 13.3. The number of nitrogens with one attached hydrogen (secondary N) is 1. The van der Waals surface area contributed by atoms with Crippen LogP contribution in [0.3, 0.4) is 0 Å². The molecular weight excluding hydrogens is 249 g/mol. The van der Waals surface area contributed by atoms with E-state index in [9.17, 15) is 4.79 Å². The van der Waals surface area contributed by atoms with Gasteiger partial charge in [-0.3, -0.25) is 4.79 Å². The SMILES string of the molecule is COC(=O)CNC(C)c1cccc(Cl)c1Cl. The Kier molecular flexibility index (Phi) is 5.06. The minimum Gasteiger partial charge on any atom is -0.468 e. The van der Waals surface area contributed by atoms with Crippen LogP contribution in [-0.2, 0) is 9.53 Å². The summed E-state index contributed by atoms with van der Waals surface area (Å²) >= 11 is 11.9. The molecule has 0 aliphatic heterocycles. The fourth-order valence-electron chi connectivity index (χ4n) is 1.27. The van der Waals surface area contributed by atoms with Crippen molar-refractivity contribution in [3.8, 4) is 0 Å². The van der Waals surface area contributed by atoms with Crippen LogP contribution in [0, 0.1) is 0 Å². The van der Waals surface area contributed by atoms with Gasteiger partial charge in [-0.2, -0.15) is 0 Å². The topological polar surface area (TPSA) is 38.3 Å². The van der Waals surface area contributed by atoms with E-state index < -0.39 is 0 Å². The van der Waals surface area contributed by atoms with Crippen molar-refractivity contribution in [3.05, 3.63) is 33.8 Å². The lowest BCUT2D eigenvalue weighted by atomic mass is 10.1.